The fourth-order valence-electron chi connectivity index (χ4n) is 7.43. The number of rotatable bonds is 18. The van der Waals surface area contributed by atoms with E-state index in [1.54, 1.807) is 57.2 Å². The number of hydrogen-bond acceptors (Lipinski definition) is 26. The predicted octanol–water partition coefficient (Wildman–Crippen LogP) is 9.02. The van der Waals surface area contributed by atoms with Gasteiger partial charge in [-0.1, -0.05) is 29.5 Å². The molecule has 0 aliphatic heterocycles. The van der Waals surface area contributed by atoms with Crippen molar-refractivity contribution in [1.82, 2.24) is 14.4 Å². The number of thioether (sulfide) groups is 1. The first kappa shape index (κ1) is 64.8. The third-order valence-corrected chi connectivity index (χ3v) is 16.4. The van der Waals surface area contributed by atoms with Crippen LogP contribution in [-0.4, -0.2) is 127 Å². The summed E-state index contributed by atoms with van der Waals surface area (Å²) in [5.74, 6) is -1.31. The molecule has 8 rings (SSSR count). The van der Waals surface area contributed by atoms with Crippen molar-refractivity contribution >= 4 is 156 Å². The Balaban J connectivity index is 0.00000114. The Hall–Kier alpha value is -7.39. The van der Waals surface area contributed by atoms with Crippen molar-refractivity contribution in [2.24, 2.45) is 30.7 Å². The second kappa shape index (κ2) is 26.0. The molecule has 0 saturated heterocycles. The summed E-state index contributed by atoms with van der Waals surface area (Å²) < 4.78 is 192. The number of pyridine rings is 1. The highest BCUT2D eigenvalue weighted by Gasteiger charge is 2.24. The summed E-state index contributed by atoms with van der Waals surface area (Å²) in [6.45, 7) is 4.69. The zero-order valence-electron chi connectivity index (χ0n) is 42.8. The minimum absolute atomic E-state index is 0.0230. The van der Waals surface area contributed by atoms with Crippen molar-refractivity contribution in [3.8, 4) is 17.7 Å². The van der Waals surface area contributed by atoms with E-state index in [0.29, 0.717) is 33.3 Å². The molecular formula is C45H42N10O20S8. The van der Waals surface area contributed by atoms with Gasteiger partial charge in [0, 0.05) is 21.9 Å². The standard InChI is InChI=1S/C44H38N10O14S6.CH4O3S.O3S/c1-23-16-33(50-52-39-25(3)29(22-45)42-46-30-8-4-5-9-35(30)54(42)43(39)55)36(68-12-6-14-71(56,57)58)20-31(23)48-51-34-17-24(2)32(21-37(34)69-13-7-15-72(59,60)61)49-53-44-47-40-38(74(65,66)67)18-26-10-11-27(73(62,63)64)19-28(26)41(40)70-44;1-5(2,3)4;1-4(2)3/h4-5,8-11,16-21,55H,6-7,12-15H2,1-3H3,(H,56,57,58)(H,59,60,61)(H,62,63,64)(H,65,66,67);1H3,(H,2,3,4);. The summed E-state index contributed by atoms with van der Waals surface area (Å²) in [4.78, 5) is 8.13. The normalized spacial score (nSPS) is 12.5. The molecule has 0 aliphatic carbocycles. The summed E-state index contributed by atoms with van der Waals surface area (Å²) >= 11 is 1.96. The molecule has 8 aromatic rings. The van der Waals surface area contributed by atoms with Gasteiger partial charge >= 0.3 is 10.6 Å². The molecule has 3 heterocycles. The number of aryl methyl sites for hydroxylation is 2. The monoisotopic (exact) mass is 1300 g/mol. The van der Waals surface area contributed by atoms with Gasteiger partial charge in [-0.3, -0.25) is 27.2 Å². The van der Waals surface area contributed by atoms with Gasteiger partial charge in [-0.25, -0.2) is 9.97 Å². The van der Waals surface area contributed by atoms with E-state index in [9.17, 15) is 70.7 Å². The van der Waals surface area contributed by atoms with Gasteiger partial charge in [0.1, 0.15) is 33.5 Å². The number of thiazole rings is 1. The molecule has 38 heteroatoms. The average molecular weight is 1300 g/mol. The molecule has 0 atom stereocenters. The molecule has 3 aromatic heterocycles. The van der Waals surface area contributed by atoms with Gasteiger partial charge < -0.3 is 9.84 Å². The van der Waals surface area contributed by atoms with E-state index in [2.05, 4.69) is 46.7 Å². The topological polar surface area (TPSA) is 481 Å². The third-order valence-electron chi connectivity index (χ3n) is 11.0. The number of hydrogen-bond donors (Lipinski definition) is 6. The second-order valence-corrected chi connectivity index (χ2v) is 27.1. The fourth-order valence-corrected chi connectivity index (χ4v) is 11.7. The number of azo groups is 3. The van der Waals surface area contributed by atoms with Crippen molar-refractivity contribution in [3.05, 3.63) is 95.1 Å². The van der Waals surface area contributed by atoms with Crippen LogP contribution in [0.5, 0.6) is 11.6 Å². The third kappa shape index (κ3) is 17.6. The van der Waals surface area contributed by atoms with Crippen molar-refractivity contribution in [2.45, 2.75) is 48.3 Å². The van der Waals surface area contributed by atoms with Gasteiger partial charge in [-0.05, 0) is 104 Å². The Morgan fingerprint density at radius 2 is 1.29 bits per heavy atom. The van der Waals surface area contributed by atoms with Crippen LogP contribution < -0.4 is 4.74 Å². The summed E-state index contributed by atoms with van der Waals surface area (Å²) in [5.41, 5.74) is 3.16. The first-order valence-corrected chi connectivity index (χ1v) is 33.5. The summed E-state index contributed by atoms with van der Waals surface area (Å²) in [7, 11) is -24.9. The first-order chi connectivity index (χ1) is 38.5. The van der Waals surface area contributed by atoms with Crippen LogP contribution in [0.4, 0.5) is 33.6 Å². The number of imidazole rings is 1. The molecule has 0 fully saturated rings. The van der Waals surface area contributed by atoms with Crippen LogP contribution in [-0.2, 0) is 61.2 Å². The highest BCUT2D eigenvalue weighted by atomic mass is 32.2. The van der Waals surface area contributed by atoms with Gasteiger partial charge in [-0.15, -0.1) is 50.0 Å². The lowest BCUT2D eigenvalue weighted by molar-refractivity contribution is 0.317. The SMILES string of the molecule is CS(=O)(=O)O.Cc1cc(N=Nc2cc(OCCCS(=O)(=O)O)c(N=Nc3c(C)c(C#N)c4nc5ccccc5n4c3O)cc2C)c(SCCCS(=O)(=O)O)cc1N=Nc1nc2c(S(=O)(=O)O)cc3ccc(S(=O)(=O)O)cc3c2s1.O=S(=O)=O. The number of nitriles is 1. The van der Waals surface area contributed by atoms with Gasteiger partial charge in [0.15, 0.2) is 11.3 Å². The van der Waals surface area contributed by atoms with E-state index in [0.717, 1.165) is 41.3 Å². The van der Waals surface area contributed by atoms with Crippen LogP contribution in [0.15, 0.2) is 118 Å². The van der Waals surface area contributed by atoms with Crippen LogP contribution in [0.2, 0.25) is 0 Å². The van der Waals surface area contributed by atoms with Gasteiger partial charge in [0.2, 0.25) is 11.0 Å². The Bertz CT molecular complexity index is 4750. The predicted molar refractivity (Wildman–Crippen MR) is 301 cm³/mol. The minimum Gasteiger partial charge on any atom is -0.493 e. The number of nitrogens with zero attached hydrogens (tertiary/aromatic N) is 10. The van der Waals surface area contributed by atoms with E-state index < -0.39 is 82.5 Å². The second-order valence-electron chi connectivity index (χ2n) is 17.2. The molecule has 83 heavy (non-hydrogen) atoms. The molecule has 0 saturated carbocycles. The molecule has 0 aliphatic rings. The molecule has 0 bridgehead atoms. The number of aromatic hydroxyl groups is 1. The van der Waals surface area contributed by atoms with Crippen LogP contribution in [0.25, 0.3) is 37.7 Å². The number of ether oxygens (including phenoxy) is 1. The van der Waals surface area contributed by atoms with E-state index in [1.165, 1.54) is 22.6 Å². The van der Waals surface area contributed by atoms with Crippen molar-refractivity contribution < 1.29 is 87.3 Å². The lowest BCUT2D eigenvalue weighted by atomic mass is 10.1. The molecule has 30 nitrogen and oxygen atoms in total. The van der Waals surface area contributed by atoms with Crippen LogP contribution in [0.3, 0.4) is 0 Å². The maximum Gasteiger partial charge on any atom is 0.425 e. The zero-order chi connectivity index (χ0) is 61.6. The molecule has 0 spiro atoms. The maximum atomic E-state index is 12.4. The highest BCUT2D eigenvalue weighted by Crippen LogP contribution is 2.44. The number of para-hydroxylation sites is 2. The molecular weight excluding hydrogens is 1260 g/mol. The van der Waals surface area contributed by atoms with E-state index >= 15 is 0 Å². The van der Waals surface area contributed by atoms with E-state index in [-0.39, 0.29) is 108 Å². The number of benzene rings is 5. The lowest BCUT2D eigenvalue weighted by Crippen LogP contribution is -2.08. The summed E-state index contributed by atoms with van der Waals surface area (Å²) in [6, 6.07) is 19.8. The molecule has 440 valence electrons. The van der Waals surface area contributed by atoms with Crippen LogP contribution in [0, 0.1) is 32.1 Å². The van der Waals surface area contributed by atoms with Crippen molar-refractivity contribution in [1.29, 1.82) is 5.26 Å². The van der Waals surface area contributed by atoms with E-state index in [4.69, 9.17) is 21.9 Å². The number of fused-ring (bicyclic) bond motifs is 6. The minimum atomic E-state index is -4.86. The molecule has 5 aromatic carbocycles. The van der Waals surface area contributed by atoms with Gasteiger partial charge in [0.25, 0.3) is 50.6 Å². The van der Waals surface area contributed by atoms with Crippen LogP contribution >= 0.6 is 23.1 Å². The zero-order valence-corrected chi connectivity index (χ0v) is 49.3. The molecule has 0 amide bonds. The average Bonchev–Trinajstić information content (AvgIpc) is 4.18. The largest absolute Gasteiger partial charge is 0.493 e. The number of aromatic nitrogens is 3. The van der Waals surface area contributed by atoms with Crippen LogP contribution in [0.1, 0.15) is 35.1 Å². The Kier molecular flexibility index (Phi) is 20.3. The van der Waals surface area contributed by atoms with E-state index in [1.807, 2.05) is 0 Å². The fraction of sp³-hybridized carbons (Fsp3) is 0.222. The van der Waals surface area contributed by atoms with Gasteiger partial charge in [0.05, 0.1) is 62.1 Å². The van der Waals surface area contributed by atoms with Crippen molar-refractivity contribution in [3.63, 3.8) is 0 Å². The smallest absolute Gasteiger partial charge is 0.425 e. The highest BCUT2D eigenvalue weighted by molar-refractivity contribution is 7.99. The first-order valence-electron chi connectivity index (χ1n) is 22.8. The Morgan fingerprint density at radius 3 is 1.90 bits per heavy atom. The molecule has 6 N–H and O–H groups in total. The summed E-state index contributed by atoms with van der Waals surface area (Å²) in [6.07, 6.45) is 0.610. The Labute approximate surface area is 481 Å². The quantitative estimate of drug-likeness (QED) is 0.0202. The molecule has 0 unspecified atom stereocenters. The Morgan fingerprint density at radius 1 is 0.711 bits per heavy atom. The van der Waals surface area contributed by atoms with Gasteiger partial charge in [-0.2, -0.15) is 52.5 Å². The maximum absolute atomic E-state index is 12.4. The van der Waals surface area contributed by atoms with Crippen molar-refractivity contribution in [2.75, 3.05) is 30.1 Å². The molecule has 0 radical (unpaired) electrons. The summed E-state index contributed by atoms with van der Waals surface area (Å²) in [5, 5.41) is 48.2. The lowest BCUT2D eigenvalue weighted by Gasteiger charge is -2.12.